The van der Waals surface area contributed by atoms with E-state index in [1.54, 1.807) is 30.3 Å². The van der Waals surface area contributed by atoms with Crippen molar-refractivity contribution in [3.63, 3.8) is 0 Å². The van der Waals surface area contributed by atoms with Crippen LogP contribution in [0.1, 0.15) is 5.56 Å². The first-order valence-corrected chi connectivity index (χ1v) is 8.70. The number of benzene rings is 2. The van der Waals surface area contributed by atoms with Gasteiger partial charge in [-0.1, -0.05) is 23.7 Å². The maximum Gasteiger partial charge on any atom is 0.262 e. The van der Waals surface area contributed by atoms with Crippen LogP contribution in [0.3, 0.4) is 0 Å². The molecule has 140 valence electrons. The molecule has 1 aliphatic rings. The second-order valence-electron chi connectivity index (χ2n) is 5.41. The van der Waals surface area contributed by atoms with Crippen molar-refractivity contribution in [1.82, 2.24) is 10.9 Å². The zero-order valence-corrected chi connectivity index (χ0v) is 15.5. The van der Waals surface area contributed by atoms with Crippen molar-refractivity contribution in [2.75, 3.05) is 18.5 Å². The number of fused-ring (bicyclic) bond motifs is 1. The number of amides is 1. The monoisotopic (exact) mass is 407 g/mol. The van der Waals surface area contributed by atoms with Gasteiger partial charge in [-0.2, -0.15) is 0 Å². The third-order valence-electron chi connectivity index (χ3n) is 3.47. The van der Waals surface area contributed by atoms with Gasteiger partial charge in [-0.25, -0.2) is 4.39 Å². The number of rotatable bonds is 3. The van der Waals surface area contributed by atoms with Crippen LogP contribution < -0.4 is 25.6 Å². The summed E-state index contributed by atoms with van der Waals surface area (Å²) in [6.45, 7) is 0.879. The van der Waals surface area contributed by atoms with Crippen LogP contribution in [-0.2, 0) is 4.79 Å². The first-order chi connectivity index (χ1) is 13.0. The highest BCUT2D eigenvalue weighted by Crippen LogP contribution is 2.38. The lowest BCUT2D eigenvalue weighted by Gasteiger charge is -2.19. The summed E-state index contributed by atoms with van der Waals surface area (Å²) in [7, 11) is 0. The van der Waals surface area contributed by atoms with E-state index in [-0.39, 0.29) is 10.8 Å². The first-order valence-electron chi connectivity index (χ1n) is 7.91. The molecule has 0 fully saturated rings. The van der Waals surface area contributed by atoms with Gasteiger partial charge in [-0.3, -0.25) is 15.6 Å². The first kappa shape index (κ1) is 18.9. The van der Waals surface area contributed by atoms with Gasteiger partial charge in [-0.05, 0) is 48.1 Å². The molecule has 0 aromatic heterocycles. The lowest BCUT2D eigenvalue weighted by Crippen LogP contribution is -2.43. The van der Waals surface area contributed by atoms with E-state index < -0.39 is 11.7 Å². The third-order valence-corrected chi connectivity index (χ3v) is 3.95. The summed E-state index contributed by atoms with van der Waals surface area (Å²) >= 11 is 11.1. The largest absolute Gasteiger partial charge is 0.486 e. The van der Waals surface area contributed by atoms with Crippen LogP contribution in [-0.4, -0.2) is 24.2 Å². The maximum atomic E-state index is 13.5. The van der Waals surface area contributed by atoms with Crippen molar-refractivity contribution in [2.24, 2.45) is 0 Å². The molecule has 9 heteroatoms. The zero-order chi connectivity index (χ0) is 19.2. The minimum absolute atomic E-state index is 0.0456. The van der Waals surface area contributed by atoms with E-state index in [2.05, 4.69) is 16.2 Å². The molecular formula is C18H15ClFN3O3S. The van der Waals surface area contributed by atoms with Crippen molar-refractivity contribution < 1.29 is 18.7 Å². The molecule has 0 bridgehead atoms. The lowest BCUT2D eigenvalue weighted by molar-refractivity contribution is -0.116. The predicted octanol–water partition coefficient (Wildman–Crippen LogP) is 3.28. The Balaban J connectivity index is 1.54. The van der Waals surface area contributed by atoms with E-state index in [1.807, 2.05) is 0 Å². The highest BCUT2D eigenvalue weighted by atomic mass is 35.5. The van der Waals surface area contributed by atoms with Crippen molar-refractivity contribution >= 4 is 46.6 Å². The molecule has 2 aromatic carbocycles. The van der Waals surface area contributed by atoms with Gasteiger partial charge < -0.3 is 14.8 Å². The molecule has 0 radical (unpaired) electrons. The number of hydrogen-bond donors (Lipinski definition) is 3. The molecule has 3 N–H and O–H groups in total. The van der Waals surface area contributed by atoms with E-state index >= 15 is 0 Å². The molecule has 0 atom stereocenters. The number of ether oxygens (including phenoxy) is 2. The molecule has 2 aromatic rings. The number of hydrazine groups is 1. The molecule has 1 amide bonds. The maximum absolute atomic E-state index is 13.5. The van der Waals surface area contributed by atoms with Gasteiger partial charge in [0.15, 0.2) is 16.6 Å². The standard InChI is InChI=1S/C18H15ClFN3O3S/c19-12-9-11(10-15-17(12)26-8-7-25-15)5-6-16(24)22-23-18(27)21-14-4-2-1-3-13(14)20/h1-6,9-10H,7-8H2,(H,22,24)(H2,21,23,27)/b6-5+. The van der Waals surface area contributed by atoms with Gasteiger partial charge in [-0.15, -0.1) is 0 Å². The quantitative estimate of drug-likeness (QED) is 0.412. The Morgan fingerprint density at radius 1 is 1.19 bits per heavy atom. The lowest BCUT2D eigenvalue weighted by atomic mass is 10.1. The van der Waals surface area contributed by atoms with Gasteiger partial charge in [0.25, 0.3) is 5.91 Å². The Labute approximate surface area is 165 Å². The zero-order valence-electron chi connectivity index (χ0n) is 13.9. The predicted molar refractivity (Wildman–Crippen MR) is 105 cm³/mol. The van der Waals surface area contributed by atoms with Crippen molar-refractivity contribution in [3.8, 4) is 11.5 Å². The van der Waals surface area contributed by atoms with E-state index in [9.17, 15) is 9.18 Å². The Kier molecular flexibility index (Phi) is 6.10. The summed E-state index contributed by atoms with van der Waals surface area (Å²) in [5.41, 5.74) is 5.74. The van der Waals surface area contributed by atoms with Crippen LogP contribution >= 0.6 is 23.8 Å². The molecule has 0 unspecified atom stereocenters. The van der Waals surface area contributed by atoms with E-state index in [0.29, 0.717) is 35.3 Å². The summed E-state index contributed by atoms with van der Waals surface area (Å²) in [4.78, 5) is 11.9. The van der Waals surface area contributed by atoms with E-state index in [1.165, 1.54) is 18.2 Å². The van der Waals surface area contributed by atoms with Crippen LogP contribution in [0.15, 0.2) is 42.5 Å². The molecule has 6 nitrogen and oxygen atoms in total. The van der Waals surface area contributed by atoms with Crippen LogP contribution in [0.4, 0.5) is 10.1 Å². The summed E-state index contributed by atoms with van der Waals surface area (Å²) in [6.07, 6.45) is 2.86. The average Bonchev–Trinajstić information content (AvgIpc) is 2.66. The van der Waals surface area contributed by atoms with Gasteiger partial charge in [0.1, 0.15) is 19.0 Å². The fourth-order valence-electron chi connectivity index (χ4n) is 2.28. The van der Waals surface area contributed by atoms with Gasteiger partial charge in [0, 0.05) is 6.08 Å². The molecular weight excluding hydrogens is 393 g/mol. The minimum Gasteiger partial charge on any atom is -0.486 e. The number of para-hydroxylation sites is 1. The number of anilines is 1. The molecule has 1 heterocycles. The number of carbonyl (C=O) groups is 1. The Hall–Kier alpha value is -2.84. The van der Waals surface area contributed by atoms with E-state index in [4.69, 9.17) is 33.3 Å². The number of carbonyl (C=O) groups excluding carboxylic acids is 1. The Morgan fingerprint density at radius 2 is 1.96 bits per heavy atom. The third kappa shape index (κ3) is 5.08. The van der Waals surface area contributed by atoms with Gasteiger partial charge in [0.05, 0.1) is 10.7 Å². The number of thiocarbonyl (C=S) groups is 1. The molecule has 3 rings (SSSR count). The molecule has 0 saturated carbocycles. The molecule has 27 heavy (non-hydrogen) atoms. The highest BCUT2D eigenvalue weighted by molar-refractivity contribution is 7.80. The van der Waals surface area contributed by atoms with Crippen molar-refractivity contribution in [3.05, 3.63) is 58.9 Å². The SMILES string of the molecule is O=C(/C=C/c1cc(Cl)c2c(c1)OCCO2)NNC(=S)Nc1ccccc1F. The molecule has 0 saturated heterocycles. The van der Waals surface area contributed by atoms with Gasteiger partial charge >= 0.3 is 0 Å². The van der Waals surface area contributed by atoms with E-state index in [0.717, 1.165) is 0 Å². The minimum atomic E-state index is -0.460. The van der Waals surface area contributed by atoms with Crippen molar-refractivity contribution in [2.45, 2.75) is 0 Å². The van der Waals surface area contributed by atoms with Gasteiger partial charge in [0.2, 0.25) is 0 Å². The summed E-state index contributed by atoms with van der Waals surface area (Å²) in [5.74, 6) is 0.111. The summed E-state index contributed by atoms with van der Waals surface area (Å²) in [5, 5.41) is 3.09. The number of hydrogen-bond acceptors (Lipinski definition) is 4. The number of halogens is 2. The molecule has 1 aliphatic heterocycles. The second-order valence-corrected chi connectivity index (χ2v) is 6.22. The topological polar surface area (TPSA) is 71.6 Å². The summed E-state index contributed by atoms with van der Waals surface area (Å²) in [6, 6.07) is 9.43. The number of nitrogens with one attached hydrogen (secondary N) is 3. The summed E-state index contributed by atoms with van der Waals surface area (Å²) < 4.78 is 24.5. The van der Waals surface area contributed by atoms with Crippen LogP contribution in [0, 0.1) is 5.82 Å². The normalized spacial score (nSPS) is 12.5. The fraction of sp³-hybridized carbons (Fsp3) is 0.111. The van der Waals surface area contributed by atoms with Crippen LogP contribution in [0.2, 0.25) is 5.02 Å². The van der Waals surface area contributed by atoms with Crippen LogP contribution in [0.25, 0.3) is 6.08 Å². The highest BCUT2D eigenvalue weighted by Gasteiger charge is 2.16. The fourth-order valence-corrected chi connectivity index (χ4v) is 2.71. The van der Waals surface area contributed by atoms with Crippen molar-refractivity contribution in [1.29, 1.82) is 0 Å². The Morgan fingerprint density at radius 3 is 2.78 bits per heavy atom. The molecule has 0 aliphatic carbocycles. The second kappa shape index (κ2) is 8.70. The molecule has 0 spiro atoms. The Bertz CT molecular complexity index is 907. The average molecular weight is 408 g/mol. The van der Waals surface area contributed by atoms with Crippen LogP contribution in [0.5, 0.6) is 11.5 Å². The smallest absolute Gasteiger partial charge is 0.262 e.